The van der Waals surface area contributed by atoms with E-state index in [1.54, 1.807) is 0 Å². The molecule has 1 aliphatic rings. The molecule has 24 heavy (non-hydrogen) atoms. The van der Waals surface area contributed by atoms with Gasteiger partial charge in [-0.1, -0.05) is 60.7 Å². The molecule has 2 aromatic carbocycles. The van der Waals surface area contributed by atoms with Gasteiger partial charge in [-0.25, -0.2) is 0 Å². The number of hydrogen-bond acceptors (Lipinski definition) is 3. The standard InChI is InChI=1S/C20H24N2O2/c23-20(15-17-7-3-1-4-8-17)21-16-19(18-9-5-2-6-10-18)22-11-13-24-14-12-22/h1-10,19H,11-16H2,(H,21,23)/t19-/m0/s1. The molecule has 1 heterocycles. The summed E-state index contributed by atoms with van der Waals surface area (Å²) < 4.78 is 5.46. The van der Waals surface area contributed by atoms with E-state index in [0.29, 0.717) is 13.0 Å². The number of amides is 1. The van der Waals surface area contributed by atoms with Gasteiger partial charge in [-0.3, -0.25) is 9.69 Å². The lowest BCUT2D eigenvalue weighted by Crippen LogP contribution is -2.44. The van der Waals surface area contributed by atoms with Gasteiger partial charge in [0.05, 0.1) is 25.7 Å². The zero-order chi connectivity index (χ0) is 16.6. The molecular formula is C20H24N2O2. The molecule has 126 valence electrons. The molecule has 3 rings (SSSR count). The predicted molar refractivity (Wildman–Crippen MR) is 94.7 cm³/mol. The molecule has 1 saturated heterocycles. The molecule has 1 N–H and O–H groups in total. The van der Waals surface area contributed by atoms with Gasteiger partial charge in [0.15, 0.2) is 0 Å². The number of hydrogen-bond donors (Lipinski definition) is 1. The number of nitrogens with zero attached hydrogens (tertiary/aromatic N) is 1. The molecule has 0 saturated carbocycles. The summed E-state index contributed by atoms with van der Waals surface area (Å²) in [6.07, 6.45) is 0.422. The highest BCUT2D eigenvalue weighted by atomic mass is 16.5. The Morgan fingerprint density at radius 1 is 1.00 bits per heavy atom. The maximum atomic E-state index is 12.3. The van der Waals surface area contributed by atoms with Crippen molar-refractivity contribution in [1.29, 1.82) is 0 Å². The average Bonchev–Trinajstić information content (AvgIpc) is 2.64. The van der Waals surface area contributed by atoms with Crippen LogP contribution in [-0.2, 0) is 16.0 Å². The van der Waals surface area contributed by atoms with Gasteiger partial charge in [-0.05, 0) is 11.1 Å². The summed E-state index contributed by atoms with van der Waals surface area (Å²) >= 11 is 0. The van der Waals surface area contributed by atoms with Crippen LogP contribution in [-0.4, -0.2) is 43.7 Å². The Bertz CT molecular complexity index is 625. The van der Waals surface area contributed by atoms with Gasteiger partial charge in [0.1, 0.15) is 0 Å². The Balaban J connectivity index is 1.62. The van der Waals surface area contributed by atoms with Crippen LogP contribution in [0.25, 0.3) is 0 Å². The molecule has 0 aromatic heterocycles. The summed E-state index contributed by atoms with van der Waals surface area (Å²) in [5.74, 6) is 0.0652. The van der Waals surface area contributed by atoms with Crippen LogP contribution in [0.15, 0.2) is 60.7 Å². The lowest BCUT2D eigenvalue weighted by molar-refractivity contribution is -0.120. The second-order valence-corrected chi connectivity index (χ2v) is 6.04. The van der Waals surface area contributed by atoms with E-state index in [2.05, 4.69) is 34.5 Å². The van der Waals surface area contributed by atoms with Crippen LogP contribution in [0, 0.1) is 0 Å². The molecule has 0 aliphatic carbocycles. The number of rotatable bonds is 6. The van der Waals surface area contributed by atoms with E-state index in [-0.39, 0.29) is 11.9 Å². The van der Waals surface area contributed by atoms with Gasteiger partial charge in [0.25, 0.3) is 0 Å². The maximum Gasteiger partial charge on any atom is 0.224 e. The Labute approximate surface area is 143 Å². The van der Waals surface area contributed by atoms with Crippen molar-refractivity contribution in [3.05, 3.63) is 71.8 Å². The first kappa shape index (κ1) is 16.7. The highest BCUT2D eigenvalue weighted by Crippen LogP contribution is 2.21. The Hall–Kier alpha value is -2.17. The Morgan fingerprint density at radius 2 is 1.62 bits per heavy atom. The number of carbonyl (C=O) groups is 1. The van der Waals surface area contributed by atoms with Crippen molar-refractivity contribution in [2.75, 3.05) is 32.8 Å². The van der Waals surface area contributed by atoms with Crippen LogP contribution >= 0.6 is 0 Å². The molecule has 0 unspecified atom stereocenters. The number of nitrogens with one attached hydrogen (secondary N) is 1. The monoisotopic (exact) mass is 324 g/mol. The van der Waals surface area contributed by atoms with Crippen molar-refractivity contribution >= 4 is 5.91 Å². The SMILES string of the molecule is O=C(Cc1ccccc1)NC[C@@H](c1ccccc1)N1CCOCC1. The third-order valence-corrected chi connectivity index (χ3v) is 4.37. The lowest BCUT2D eigenvalue weighted by Gasteiger charge is -2.35. The van der Waals surface area contributed by atoms with E-state index >= 15 is 0 Å². The predicted octanol–water partition coefficient (Wildman–Crippen LogP) is 2.42. The third kappa shape index (κ3) is 4.66. The van der Waals surface area contributed by atoms with Crippen LogP contribution in [0.3, 0.4) is 0 Å². The molecule has 1 amide bonds. The summed E-state index contributed by atoms with van der Waals surface area (Å²) in [5.41, 5.74) is 2.28. The zero-order valence-electron chi connectivity index (χ0n) is 13.9. The smallest absolute Gasteiger partial charge is 0.224 e. The molecule has 4 nitrogen and oxygen atoms in total. The Kier molecular flexibility index (Phi) is 5.99. The maximum absolute atomic E-state index is 12.3. The summed E-state index contributed by atoms with van der Waals surface area (Å²) in [6, 6.07) is 20.4. The van der Waals surface area contributed by atoms with Gasteiger partial charge in [0.2, 0.25) is 5.91 Å². The molecule has 0 spiro atoms. The van der Waals surface area contributed by atoms with Crippen molar-refractivity contribution in [2.45, 2.75) is 12.5 Å². The first-order valence-corrected chi connectivity index (χ1v) is 8.50. The molecule has 1 aliphatic heterocycles. The first-order valence-electron chi connectivity index (χ1n) is 8.50. The largest absolute Gasteiger partial charge is 0.379 e. The van der Waals surface area contributed by atoms with Gasteiger partial charge >= 0.3 is 0 Å². The van der Waals surface area contributed by atoms with E-state index in [1.807, 2.05) is 36.4 Å². The van der Waals surface area contributed by atoms with Crippen LogP contribution in [0.2, 0.25) is 0 Å². The van der Waals surface area contributed by atoms with Crippen molar-refractivity contribution in [3.8, 4) is 0 Å². The van der Waals surface area contributed by atoms with E-state index in [1.165, 1.54) is 5.56 Å². The quantitative estimate of drug-likeness (QED) is 0.887. The molecule has 1 fully saturated rings. The van der Waals surface area contributed by atoms with E-state index in [0.717, 1.165) is 31.9 Å². The average molecular weight is 324 g/mol. The highest BCUT2D eigenvalue weighted by Gasteiger charge is 2.22. The van der Waals surface area contributed by atoms with E-state index in [4.69, 9.17) is 4.74 Å². The van der Waals surface area contributed by atoms with Gasteiger partial charge < -0.3 is 10.1 Å². The number of benzene rings is 2. The minimum Gasteiger partial charge on any atom is -0.379 e. The summed E-state index contributed by atoms with van der Waals surface area (Å²) in [7, 11) is 0. The molecule has 4 heteroatoms. The summed E-state index contributed by atoms with van der Waals surface area (Å²) in [5, 5.41) is 3.11. The second-order valence-electron chi connectivity index (χ2n) is 6.04. The molecule has 1 atom stereocenters. The first-order chi connectivity index (χ1) is 11.8. The third-order valence-electron chi connectivity index (χ3n) is 4.37. The minimum absolute atomic E-state index is 0.0652. The van der Waals surface area contributed by atoms with Crippen LogP contribution in [0.4, 0.5) is 0 Å². The lowest BCUT2D eigenvalue weighted by atomic mass is 10.0. The fourth-order valence-electron chi connectivity index (χ4n) is 3.08. The highest BCUT2D eigenvalue weighted by molar-refractivity contribution is 5.78. The van der Waals surface area contributed by atoms with Crippen molar-refractivity contribution in [2.24, 2.45) is 0 Å². The second kappa shape index (κ2) is 8.62. The Morgan fingerprint density at radius 3 is 2.29 bits per heavy atom. The normalized spacial score (nSPS) is 16.5. The fraction of sp³-hybridized carbons (Fsp3) is 0.350. The van der Waals surface area contributed by atoms with Gasteiger partial charge in [-0.15, -0.1) is 0 Å². The number of ether oxygens (including phenoxy) is 1. The summed E-state index contributed by atoms with van der Waals surface area (Å²) in [4.78, 5) is 14.7. The number of morpholine rings is 1. The molecule has 2 aromatic rings. The number of carbonyl (C=O) groups excluding carboxylic acids is 1. The minimum atomic E-state index is 0.0652. The summed E-state index contributed by atoms with van der Waals surface area (Å²) in [6.45, 7) is 3.92. The van der Waals surface area contributed by atoms with Gasteiger partial charge in [-0.2, -0.15) is 0 Å². The van der Waals surface area contributed by atoms with Crippen molar-refractivity contribution in [1.82, 2.24) is 10.2 Å². The van der Waals surface area contributed by atoms with Crippen LogP contribution in [0.1, 0.15) is 17.2 Å². The molecular weight excluding hydrogens is 300 g/mol. The zero-order valence-corrected chi connectivity index (χ0v) is 13.9. The van der Waals surface area contributed by atoms with Crippen LogP contribution in [0.5, 0.6) is 0 Å². The fourth-order valence-corrected chi connectivity index (χ4v) is 3.08. The van der Waals surface area contributed by atoms with Crippen LogP contribution < -0.4 is 5.32 Å². The van der Waals surface area contributed by atoms with Gasteiger partial charge in [0, 0.05) is 19.6 Å². The molecule has 0 bridgehead atoms. The molecule has 0 radical (unpaired) electrons. The van der Waals surface area contributed by atoms with Crippen molar-refractivity contribution < 1.29 is 9.53 Å². The topological polar surface area (TPSA) is 41.6 Å². The van der Waals surface area contributed by atoms with E-state index in [9.17, 15) is 4.79 Å². The van der Waals surface area contributed by atoms with E-state index < -0.39 is 0 Å². The van der Waals surface area contributed by atoms with Crippen molar-refractivity contribution in [3.63, 3.8) is 0 Å².